The molecule has 0 amide bonds. The lowest BCUT2D eigenvalue weighted by molar-refractivity contribution is 0.978. The average Bonchev–Trinajstić information content (AvgIpc) is 2.46. The molecule has 3 N–H and O–H groups in total. The summed E-state index contributed by atoms with van der Waals surface area (Å²) in [6.07, 6.45) is 0. The van der Waals surface area contributed by atoms with Crippen molar-refractivity contribution >= 4 is 17.3 Å². The van der Waals surface area contributed by atoms with E-state index in [1.807, 2.05) is 54.4 Å². The maximum absolute atomic E-state index is 5.57. The molecular weight excluding hydrogens is 236 g/mol. The summed E-state index contributed by atoms with van der Waals surface area (Å²) in [4.78, 5) is 6.39. The Morgan fingerprint density at radius 2 is 1.68 bits per heavy atom. The highest BCUT2D eigenvalue weighted by Crippen LogP contribution is 2.16. The first kappa shape index (κ1) is 13.1. The second-order valence-electron chi connectivity index (χ2n) is 4.31. The molecule has 0 radical (unpaired) electrons. The Morgan fingerprint density at radius 1 is 1.05 bits per heavy atom. The van der Waals surface area contributed by atoms with Gasteiger partial charge in [0.15, 0.2) is 0 Å². The van der Waals surface area contributed by atoms with Gasteiger partial charge in [0, 0.05) is 12.7 Å². The summed E-state index contributed by atoms with van der Waals surface area (Å²) in [5, 5.41) is 0. The SMILES string of the molecule is Cc1ccc(N(C)C(=Nc2ccccc2)NN)cc1. The average molecular weight is 254 g/mol. The molecule has 0 fully saturated rings. The number of benzene rings is 2. The molecule has 0 saturated heterocycles. The molecule has 4 nitrogen and oxygen atoms in total. The van der Waals surface area contributed by atoms with Crippen LogP contribution in [0.3, 0.4) is 0 Å². The molecule has 0 atom stereocenters. The minimum absolute atomic E-state index is 0.593. The lowest BCUT2D eigenvalue weighted by Crippen LogP contribution is -2.42. The van der Waals surface area contributed by atoms with Crippen molar-refractivity contribution in [3.8, 4) is 0 Å². The Hall–Kier alpha value is -2.33. The maximum atomic E-state index is 5.57. The third-order valence-electron chi connectivity index (χ3n) is 2.86. The van der Waals surface area contributed by atoms with Crippen molar-refractivity contribution in [1.29, 1.82) is 0 Å². The first-order valence-electron chi connectivity index (χ1n) is 6.11. The Morgan fingerprint density at radius 3 is 2.26 bits per heavy atom. The van der Waals surface area contributed by atoms with Crippen molar-refractivity contribution in [2.45, 2.75) is 6.92 Å². The van der Waals surface area contributed by atoms with E-state index in [0.717, 1.165) is 11.4 Å². The molecule has 98 valence electrons. The molecule has 0 saturated carbocycles. The van der Waals surface area contributed by atoms with Gasteiger partial charge in [-0.05, 0) is 31.2 Å². The Bertz CT molecular complexity index is 546. The topological polar surface area (TPSA) is 53.6 Å². The van der Waals surface area contributed by atoms with E-state index in [2.05, 4.69) is 29.5 Å². The molecule has 0 aliphatic rings. The highest BCUT2D eigenvalue weighted by Gasteiger charge is 2.07. The van der Waals surface area contributed by atoms with Crippen molar-refractivity contribution in [2.24, 2.45) is 10.8 Å². The van der Waals surface area contributed by atoms with Gasteiger partial charge >= 0.3 is 0 Å². The fourth-order valence-electron chi connectivity index (χ4n) is 1.72. The van der Waals surface area contributed by atoms with Gasteiger partial charge in [-0.1, -0.05) is 35.9 Å². The molecule has 0 heterocycles. The number of hydrogen-bond acceptors (Lipinski definition) is 2. The van der Waals surface area contributed by atoms with Gasteiger partial charge < -0.3 is 4.90 Å². The summed E-state index contributed by atoms with van der Waals surface area (Å²) >= 11 is 0. The van der Waals surface area contributed by atoms with Crippen molar-refractivity contribution in [3.63, 3.8) is 0 Å². The number of nitrogens with zero attached hydrogens (tertiary/aromatic N) is 2. The van der Waals surface area contributed by atoms with E-state index in [4.69, 9.17) is 5.84 Å². The maximum Gasteiger partial charge on any atom is 0.217 e. The highest BCUT2D eigenvalue weighted by molar-refractivity contribution is 5.96. The number of anilines is 1. The fraction of sp³-hybridized carbons (Fsp3) is 0.133. The largest absolute Gasteiger partial charge is 0.314 e. The summed E-state index contributed by atoms with van der Waals surface area (Å²) < 4.78 is 0. The van der Waals surface area contributed by atoms with Gasteiger partial charge in [0.1, 0.15) is 0 Å². The van der Waals surface area contributed by atoms with Crippen LogP contribution in [0.5, 0.6) is 0 Å². The molecule has 0 unspecified atom stereocenters. The van der Waals surface area contributed by atoms with Crippen LogP contribution in [0.2, 0.25) is 0 Å². The third-order valence-corrected chi connectivity index (χ3v) is 2.86. The van der Waals surface area contributed by atoms with E-state index < -0.39 is 0 Å². The monoisotopic (exact) mass is 254 g/mol. The van der Waals surface area contributed by atoms with Gasteiger partial charge in [0.05, 0.1) is 5.69 Å². The number of hydrogen-bond donors (Lipinski definition) is 2. The third kappa shape index (κ3) is 3.33. The van der Waals surface area contributed by atoms with Crippen LogP contribution in [0.4, 0.5) is 11.4 Å². The smallest absolute Gasteiger partial charge is 0.217 e. The number of para-hydroxylation sites is 1. The van der Waals surface area contributed by atoms with E-state index in [1.165, 1.54) is 5.56 Å². The zero-order valence-corrected chi connectivity index (χ0v) is 11.2. The summed E-state index contributed by atoms with van der Waals surface area (Å²) in [6.45, 7) is 2.06. The lowest BCUT2D eigenvalue weighted by Gasteiger charge is -2.20. The summed E-state index contributed by atoms with van der Waals surface area (Å²) in [6, 6.07) is 17.9. The summed E-state index contributed by atoms with van der Waals surface area (Å²) in [5.41, 5.74) is 5.74. The number of nitrogens with one attached hydrogen (secondary N) is 1. The lowest BCUT2D eigenvalue weighted by atomic mass is 10.2. The number of aliphatic imine (C=N–C) groups is 1. The minimum Gasteiger partial charge on any atom is -0.314 e. The van der Waals surface area contributed by atoms with Crippen LogP contribution < -0.4 is 16.2 Å². The second kappa shape index (κ2) is 6.02. The quantitative estimate of drug-likeness (QED) is 0.375. The van der Waals surface area contributed by atoms with Crippen LogP contribution in [-0.2, 0) is 0 Å². The van der Waals surface area contributed by atoms with Crippen molar-refractivity contribution in [2.75, 3.05) is 11.9 Å². The zero-order chi connectivity index (χ0) is 13.7. The van der Waals surface area contributed by atoms with E-state index >= 15 is 0 Å². The fourth-order valence-corrected chi connectivity index (χ4v) is 1.72. The van der Waals surface area contributed by atoms with Gasteiger partial charge in [-0.25, -0.2) is 10.8 Å². The van der Waals surface area contributed by atoms with E-state index in [9.17, 15) is 0 Å². The normalized spacial score (nSPS) is 11.2. The molecule has 2 rings (SSSR count). The number of guanidine groups is 1. The van der Waals surface area contributed by atoms with Crippen LogP contribution in [0.25, 0.3) is 0 Å². The molecule has 0 bridgehead atoms. The highest BCUT2D eigenvalue weighted by atomic mass is 15.4. The Kier molecular flexibility index (Phi) is 4.15. The first-order valence-corrected chi connectivity index (χ1v) is 6.11. The van der Waals surface area contributed by atoms with Gasteiger partial charge in [-0.3, -0.25) is 5.43 Å². The predicted octanol–water partition coefficient (Wildman–Crippen LogP) is 2.58. The predicted molar refractivity (Wildman–Crippen MR) is 80.4 cm³/mol. The summed E-state index contributed by atoms with van der Waals surface area (Å²) in [5.74, 6) is 6.16. The molecule has 2 aromatic rings. The molecule has 19 heavy (non-hydrogen) atoms. The van der Waals surface area contributed by atoms with Crippen molar-refractivity contribution < 1.29 is 0 Å². The van der Waals surface area contributed by atoms with Crippen LogP contribution in [0.1, 0.15) is 5.56 Å². The van der Waals surface area contributed by atoms with E-state index in [0.29, 0.717) is 5.96 Å². The van der Waals surface area contributed by atoms with E-state index in [1.54, 1.807) is 0 Å². The van der Waals surface area contributed by atoms with Gasteiger partial charge in [0.2, 0.25) is 5.96 Å². The minimum atomic E-state index is 0.593. The zero-order valence-electron chi connectivity index (χ0n) is 11.2. The molecular formula is C15H18N4. The first-order chi connectivity index (χ1) is 9.20. The standard InChI is InChI=1S/C15H18N4/c1-12-8-10-14(11-9-12)19(2)15(18-16)17-13-6-4-3-5-7-13/h3-11H,16H2,1-2H3,(H,17,18). The number of rotatable bonds is 2. The molecule has 0 aromatic heterocycles. The number of aryl methyl sites for hydroxylation is 1. The molecule has 2 aromatic carbocycles. The number of nitrogens with two attached hydrogens (primary N) is 1. The second-order valence-corrected chi connectivity index (χ2v) is 4.31. The Labute approximate surface area is 113 Å². The number of hydrazine groups is 1. The van der Waals surface area contributed by atoms with Gasteiger partial charge in [-0.15, -0.1) is 0 Å². The Balaban J connectivity index is 2.26. The van der Waals surface area contributed by atoms with E-state index in [-0.39, 0.29) is 0 Å². The molecule has 0 aliphatic heterocycles. The van der Waals surface area contributed by atoms with Crippen LogP contribution >= 0.6 is 0 Å². The van der Waals surface area contributed by atoms with Crippen molar-refractivity contribution in [3.05, 3.63) is 60.2 Å². The van der Waals surface area contributed by atoms with Crippen molar-refractivity contribution in [1.82, 2.24) is 5.43 Å². The molecule has 4 heteroatoms. The van der Waals surface area contributed by atoms with Gasteiger partial charge in [-0.2, -0.15) is 0 Å². The van der Waals surface area contributed by atoms with Crippen LogP contribution in [0, 0.1) is 6.92 Å². The molecule has 0 aliphatic carbocycles. The van der Waals surface area contributed by atoms with Crippen LogP contribution in [0.15, 0.2) is 59.6 Å². The van der Waals surface area contributed by atoms with Gasteiger partial charge in [0.25, 0.3) is 0 Å². The summed E-state index contributed by atoms with van der Waals surface area (Å²) in [7, 11) is 1.92. The molecule has 0 spiro atoms. The van der Waals surface area contributed by atoms with Crippen LogP contribution in [-0.4, -0.2) is 13.0 Å².